The zero-order chi connectivity index (χ0) is 17.7. The normalized spacial score (nSPS) is 26.9. The lowest BCUT2D eigenvalue weighted by molar-refractivity contribution is 1.01. The Hall–Kier alpha value is -1.69. The SMILES string of the molecule is C[Si](C)(N[Si](C)(C)C1=C2C=CC=CC2C=C1)C1=C2C=CC=CC2C=C1. The molecule has 4 aliphatic carbocycles. The van der Waals surface area contributed by atoms with E-state index in [1.165, 1.54) is 11.1 Å². The molecule has 0 saturated heterocycles. The molecule has 128 valence electrons. The highest BCUT2D eigenvalue weighted by molar-refractivity contribution is 6.98. The molecule has 0 aromatic carbocycles. The van der Waals surface area contributed by atoms with Crippen molar-refractivity contribution >= 4 is 16.5 Å². The summed E-state index contributed by atoms with van der Waals surface area (Å²) in [6.45, 7) is 9.89. The van der Waals surface area contributed by atoms with E-state index in [-0.39, 0.29) is 0 Å². The first-order valence-corrected chi connectivity index (χ1v) is 15.2. The van der Waals surface area contributed by atoms with E-state index in [1.54, 1.807) is 10.4 Å². The van der Waals surface area contributed by atoms with Crippen LogP contribution in [0.25, 0.3) is 0 Å². The van der Waals surface area contributed by atoms with Crippen molar-refractivity contribution in [1.82, 2.24) is 4.65 Å². The predicted octanol–water partition coefficient (Wildman–Crippen LogP) is 5.28. The molecule has 0 radical (unpaired) electrons. The van der Waals surface area contributed by atoms with Gasteiger partial charge in [-0.25, -0.2) is 0 Å². The van der Waals surface area contributed by atoms with Crippen LogP contribution in [-0.2, 0) is 0 Å². The highest BCUT2D eigenvalue weighted by atomic mass is 28.4. The Morgan fingerprint density at radius 3 is 1.48 bits per heavy atom. The van der Waals surface area contributed by atoms with Crippen molar-refractivity contribution in [3.8, 4) is 0 Å². The lowest BCUT2D eigenvalue weighted by atomic mass is 9.98. The lowest BCUT2D eigenvalue weighted by Crippen LogP contribution is -2.61. The summed E-state index contributed by atoms with van der Waals surface area (Å²) in [5.41, 5.74) is 3.02. The highest BCUT2D eigenvalue weighted by Crippen LogP contribution is 2.37. The molecule has 0 bridgehead atoms. The number of nitrogens with one attached hydrogen (secondary N) is 1. The van der Waals surface area contributed by atoms with Crippen LogP contribution in [0.15, 0.2) is 94.5 Å². The van der Waals surface area contributed by atoms with Crippen LogP contribution in [-0.4, -0.2) is 16.5 Å². The summed E-state index contributed by atoms with van der Waals surface area (Å²) in [5, 5.41) is 3.14. The van der Waals surface area contributed by atoms with Gasteiger partial charge in [0.2, 0.25) is 0 Å². The standard InChI is InChI=1S/C22H27NSi2/c1-24(2,21-15-13-17-9-5-7-11-19(17)21)23-25(3,4)22-16-14-18-10-6-8-12-20(18)22/h5-18,23H,1-4H3. The molecule has 0 saturated carbocycles. The average molecular weight is 362 g/mol. The Balaban J connectivity index is 1.65. The summed E-state index contributed by atoms with van der Waals surface area (Å²) in [6.07, 6.45) is 27.4. The van der Waals surface area contributed by atoms with E-state index < -0.39 is 16.5 Å². The molecule has 4 rings (SSSR count). The van der Waals surface area contributed by atoms with Gasteiger partial charge < -0.3 is 4.65 Å². The van der Waals surface area contributed by atoms with Crippen LogP contribution in [0.4, 0.5) is 0 Å². The second kappa shape index (κ2) is 5.94. The second-order valence-corrected chi connectivity index (χ2v) is 16.9. The lowest BCUT2D eigenvalue weighted by Gasteiger charge is -2.37. The molecule has 25 heavy (non-hydrogen) atoms. The molecule has 4 aliphatic rings. The molecule has 2 unspecified atom stereocenters. The molecule has 3 heteroatoms. The number of hydrogen-bond donors (Lipinski definition) is 1. The first-order valence-electron chi connectivity index (χ1n) is 9.23. The van der Waals surface area contributed by atoms with Gasteiger partial charge in [0, 0.05) is 11.8 Å². The van der Waals surface area contributed by atoms with Crippen molar-refractivity contribution in [3.05, 3.63) is 94.5 Å². The minimum absolute atomic E-state index is 0.488. The minimum Gasteiger partial charge on any atom is -0.353 e. The van der Waals surface area contributed by atoms with Crippen LogP contribution in [0.1, 0.15) is 0 Å². The van der Waals surface area contributed by atoms with Gasteiger partial charge in [0.25, 0.3) is 0 Å². The van der Waals surface area contributed by atoms with Gasteiger partial charge >= 0.3 is 0 Å². The first kappa shape index (κ1) is 16.8. The average Bonchev–Trinajstić information content (AvgIpc) is 3.18. The molecule has 0 spiro atoms. The molecule has 0 fully saturated rings. The second-order valence-electron chi connectivity index (χ2n) is 8.37. The van der Waals surface area contributed by atoms with E-state index in [9.17, 15) is 0 Å². The van der Waals surface area contributed by atoms with E-state index in [0.717, 1.165) is 0 Å². The number of fused-ring (bicyclic) bond motifs is 2. The summed E-state index contributed by atoms with van der Waals surface area (Å²) in [6, 6.07) is 0. The van der Waals surface area contributed by atoms with Crippen LogP contribution < -0.4 is 4.65 Å². The van der Waals surface area contributed by atoms with Crippen LogP contribution in [0.3, 0.4) is 0 Å². The third-order valence-corrected chi connectivity index (χ3v) is 14.3. The van der Waals surface area contributed by atoms with Crippen molar-refractivity contribution in [2.45, 2.75) is 26.2 Å². The number of allylic oxidation sites excluding steroid dienone is 16. The van der Waals surface area contributed by atoms with Gasteiger partial charge in [0.1, 0.15) is 16.5 Å². The van der Waals surface area contributed by atoms with E-state index in [4.69, 9.17) is 0 Å². The monoisotopic (exact) mass is 361 g/mol. The summed E-state index contributed by atoms with van der Waals surface area (Å²) >= 11 is 0. The third kappa shape index (κ3) is 2.90. The van der Waals surface area contributed by atoms with Crippen molar-refractivity contribution in [2.75, 3.05) is 0 Å². The zero-order valence-corrected chi connectivity index (χ0v) is 17.6. The zero-order valence-electron chi connectivity index (χ0n) is 15.6. The fourth-order valence-corrected chi connectivity index (χ4v) is 14.9. The van der Waals surface area contributed by atoms with E-state index in [2.05, 4.69) is 104 Å². The molecular weight excluding hydrogens is 334 g/mol. The van der Waals surface area contributed by atoms with Gasteiger partial charge in [0.15, 0.2) is 0 Å². The molecule has 0 heterocycles. The smallest absolute Gasteiger partial charge is 0.145 e. The topological polar surface area (TPSA) is 12.0 Å². The van der Waals surface area contributed by atoms with Crippen molar-refractivity contribution in [3.63, 3.8) is 0 Å². The van der Waals surface area contributed by atoms with Gasteiger partial charge in [-0.2, -0.15) is 0 Å². The Labute approximate surface area is 153 Å². The van der Waals surface area contributed by atoms with E-state index in [1.807, 2.05) is 0 Å². The molecular formula is C22H27NSi2. The summed E-state index contributed by atoms with van der Waals surface area (Å²) in [4.78, 5) is 0. The number of rotatable bonds is 4. The number of hydrogen-bond acceptors (Lipinski definition) is 1. The van der Waals surface area contributed by atoms with Gasteiger partial charge in [0.05, 0.1) is 0 Å². The molecule has 0 aliphatic heterocycles. The predicted molar refractivity (Wildman–Crippen MR) is 114 cm³/mol. The quantitative estimate of drug-likeness (QED) is 0.672. The summed E-state index contributed by atoms with van der Waals surface area (Å²) < 4.78 is 4.23. The van der Waals surface area contributed by atoms with Crippen LogP contribution >= 0.6 is 0 Å². The maximum absolute atomic E-state index is 4.23. The van der Waals surface area contributed by atoms with E-state index in [0.29, 0.717) is 11.8 Å². The van der Waals surface area contributed by atoms with Crippen LogP contribution in [0.5, 0.6) is 0 Å². The van der Waals surface area contributed by atoms with Crippen molar-refractivity contribution in [1.29, 1.82) is 0 Å². The molecule has 2 atom stereocenters. The Bertz CT molecular complexity index is 771. The van der Waals surface area contributed by atoms with Gasteiger partial charge in [-0.1, -0.05) is 99.1 Å². The van der Waals surface area contributed by atoms with Crippen molar-refractivity contribution in [2.24, 2.45) is 11.8 Å². The Morgan fingerprint density at radius 1 is 0.600 bits per heavy atom. The fraction of sp³-hybridized carbons (Fsp3) is 0.273. The minimum atomic E-state index is -1.73. The first-order chi connectivity index (χ1) is 11.9. The van der Waals surface area contributed by atoms with Gasteiger partial charge in [-0.3, -0.25) is 0 Å². The fourth-order valence-electron chi connectivity index (χ4n) is 4.64. The maximum Gasteiger partial charge on any atom is 0.145 e. The van der Waals surface area contributed by atoms with Crippen LogP contribution in [0.2, 0.25) is 26.2 Å². The van der Waals surface area contributed by atoms with Gasteiger partial charge in [-0.15, -0.1) is 0 Å². The molecule has 0 aromatic rings. The maximum atomic E-state index is 4.23. The van der Waals surface area contributed by atoms with Crippen molar-refractivity contribution < 1.29 is 0 Å². The highest BCUT2D eigenvalue weighted by Gasteiger charge is 2.40. The molecule has 1 N–H and O–H groups in total. The summed E-state index contributed by atoms with van der Waals surface area (Å²) in [7, 11) is -3.46. The van der Waals surface area contributed by atoms with Gasteiger partial charge in [-0.05, 0) is 21.5 Å². The third-order valence-electron chi connectivity index (χ3n) is 5.66. The largest absolute Gasteiger partial charge is 0.353 e. The van der Waals surface area contributed by atoms with Crippen LogP contribution in [0, 0.1) is 11.8 Å². The Morgan fingerprint density at radius 2 is 1.04 bits per heavy atom. The Kier molecular flexibility index (Phi) is 3.98. The molecule has 1 nitrogen and oxygen atoms in total. The molecule has 0 aromatic heterocycles. The summed E-state index contributed by atoms with van der Waals surface area (Å²) in [5.74, 6) is 0.977. The molecule has 0 amide bonds. The van der Waals surface area contributed by atoms with E-state index >= 15 is 0 Å².